The SMILES string of the molecule is COCCC1(NS(=O)(=O)c2ccccc2)CCN(C(=O)c2cc(C)cc(C)c2)C1. The van der Waals surface area contributed by atoms with E-state index in [-0.39, 0.29) is 10.8 Å². The van der Waals surface area contributed by atoms with Crippen LogP contribution in [0, 0.1) is 13.8 Å². The molecule has 0 saturated carbocycles. The first-order valence-electron chi connectivity index (χ1n) is 9.70. The van der Waals surface area contributed by atoms with Gasteiger partial charge in [-0.25, -0.2) is 13.1 Å². The summed E-state index contributed by atoms with van der Waals surface area (Å²) in [5, 5.41) is 0. The number of hydrogen-bond acceptors (Lipinski definition) is 4. The maximum atomic E-state index is 13.1. The summed E-state index contributed by atoms with van der Waals surface area (Å²) >= 11 is 0. The van der Waals surface area contributed by atoms with Gasteiger partial charge in [-0.3, -0.25) is 4.79 Å². The summed E-state index contributed by atoms with van der Waals surface area (Å²) in [6.45, 7) is 5.14. The third-order valence-corrected chi connectivity index (χ3v) is 6.89. The molecule has 1 saturated heterocycles. The van der Waals surface area contributed by atoms with Gasteiger partial charge in [0, 0.05) is 32.4 Å². The average Bonchev–Trinajstić information content (AvgIpc) is 3.09. The minimum Gasteiger partial charge on any atom is -0.385 e. The van der Waals surface area contributed by atoms with Crippen molar-refractivity contribution in [3.05, 3.63) is 65.2 Å². The van der Waals surface area contributed by atoms with E-state index in [9.17, 15) is 13.2 Å². The minimum absolute atomic E-state index is 0.0741. The van der Waals surface area contributed by atoms with Gasteiger partial charge >= 0.3 is 0 Å². The van der Waals surface area contributed by atoms with Gasteiger partial charge in [0.05, 0.1) is 10.4 Å². The highest BCUT2D eigenvalue weighted by molar-refractivity contribution is 7.89. The van der Waals surface area contributed by atoms with Crippen LogP contribution in [0.25, 0.3) is 0 Å². The number of carbonyl (C=O) groups is 1. The highest BCUT2D eigenvalue weighted by atomic mass is 32.2. The Bertz CT molecular complexity index is 955. The fraction of sp³-hybridized carbons (Fsp3) is 0.409. The van der Waals surface area contributed by atoms with Crippen molar-refractivity contribution in [2.45, 2.75) is 37.1 Å². The zero-order valence-electron chi connectivity index (χ0n) is 17.1. The lowest BCUT2D eigenvalue weighted by Gasteiger charge is -2.30. The number of likely N-dealkylation sites (tertiary alicyclic amines) is 1. The first kappa shape index (κ1) is 21.5. The summed E-state index contributed by atoms with van der Waals surface area (Å²) in [6.07, 6.45) is 1.03. The Hall–Kier alpha value is -2.22. The second kappa shape index (κ2) is 8.65. The van der Waals surface area contributed by atoms with Crippen molar-refractivity contribution in [1.82, 2.24) is 9.62 Å². The van der Waals surface area contributed by atoms with Gasteiger partial charge < -0.3 is 9.64 Å². The molecule has 1 unspecified atom stereocenters. The van der Waals surface area contributed by atoms with Crippen molar-refractivity contribution in [3.63, 3.8) is 0 Å². The molecule has 3 rings (SSSR count). The van der Waals surface area contributed by atoms with Crippen LogP contribution in [0.15, 0.2) is 53.4 Å². The maximum Gasteiger partial charge on any atom is 0.253 e. The molecule has 6 nitrogen and oxygen atoms in total. The first-order valence-corrected chi connectivity index (χ1v) is 11.2. The lowest BCUT2D eigenvalue weighted by atomic mass is 9.96. The topological polar surface area (TPSA) is 75.7 Å². The summed E-state index contributed by atoms with van der Waals surface area (Å²) in [5.41, 5.74) is 1.95. The number of rotatable bonds is 7. The largest absolute Gasteiger partial charge is 0.385 e. The predicted octanol–water partition coefficient (Wildman–Crippen LogP) is 2.90. The molecular formula is C22H28N2O4S. The molecule has 0 bridgehead atoms. The molecule has 1 aliphatic heterocycles. The van der Waals surface area contributed by atoms with E-state index in [2.05, 4.69) is 4.72 Å². The van der Waals surface area contributed by atoms with Gasteiger partial charge in [-0.15, -0.1) is 0 Å². The fourth-order valence-corrected chi connectivity index (χ4v) is 5.38. The molecule has 1 heterocycles. The molecule has 1 aliphatic rings. The van der Waals surface area contributed by atoms with Gasteiger partial charge in [-0.1, -0.05) is 35.4 Å². The van der Waals surface area contributed by atoms with Gasteiger partial charge in [0.2, 0.25) is 10.0 Å². The standard InChI is InChI=1S/C22H28N2O4S/c1-17-13-18(2)15-19(14-17)21(25)24-11-9-22(16-24,10-12-28-3)23-29(26,27)20-7-5-4-6-8-20/h4-8,13-15,23H,9-12,16H2,1-3H3. The third kappa shape index (κ3) is 5.04. The van der Waals surface area contributed by atoms with E-state index >= 15 is 0 Å². The van der Waals surface area contributed by atoms with Crippen molar-refractivity contribution in [1.29, 1.82) is 0 Å². The number of aryl methyl sites for hydroxylation is 2. The van der Waals surface area contributed by atoms with Gasteiger partial charge in [-0.2, -0.15) is 0 Å². The molecule has 2 aromatic carbocycles. The van der Waals surface area contributed by atoms with Crippen LogP contribution in [0.4, 0.5) is 0 Å². The summed E-state index contributed by atoms with van der Waals surface area (Å²) in [6, 6.07) is 14.1. The minimum atomic E-state index is -3.70. The predicted molar refractivity (Wildman–Crippen MR) is 112 cm³/mol. The molecule has 0 radical (unpaired) electrons. The molecule has 1 amide bonds. The van der Waals surface area contributed by atoms with Crippen molar-refractivity contribution >= 4 is 15.9 Å². The van der Waals surface area contributed by atoms with E-state index < -0.39 is 15.6 Å². The number of amides is 1. The molecule has 0 aromatic heterocycles. The quantitative estimate of drug-likeness (QED) is 0.753. The van der Waals surface area contributed by atoms with Crippen LogP contribution in [-0.4, -0.2) is 51.6 Å². The normalized spacial score (nSPS) is 19.5. The van der Waals surface area contributed by atoms with E-state index in [1.54, 1.807) is 42.3 Å². The van der Waals surface area contributed by atoms with Crippen LogP contribution in [0.5, 0.6) is 0 Å². The Balaban J connectivity index is 1.83. The van der Waals surface area contributed by atoms with Crippen molar-refractivity contribution in [2.24, 2.45) is 0 Å². The molecular weight excluding hydrogens is 388 g/mol. The summed E-state index contributed by atoms with van der Waals surface area (Å²) in [4.78, 5) is 15.0. The molecule has 1 fully saturated rings. The number of benzene rings is 2. The highest BCUT2D eigenvalue weighted by Crippen LogP contribution is 2.29. The Labute approximate surface area is 172 Å². The first-order chi connectivity index (χ1) is 13.7. The molecule has 0 aliphatic carbocycles. The van der Waals surface area contributed by atoms with E-state index in [1.807, 2.05) is 32.0 Å². The lowest BCUT2D eigenvalue weighted by Crippen LogP contribution is -2.51. The monoisotopic (exact) mass is 416 g/mol. The van der Waals surface area contributed by atoms with Crippen molar-refractivity contribution in [3.8, 4) is 0 Å². The summed E-state index contributed by atoms with van der Waals surface area (Å²) in [5.74, 6) is -0.0741. The van der Waals surface area contributed by atoms with Crippen molar-refractivity contribution < 1.29 is 17.9 Å². The Kier molecular flexibility index (Phi) is 6.41. The Morgan fingerprint density at radius 3 is 2.41 bits per heavy atom. The smallest absolute Gasteiger partial charge is 0.253 e. The fourth-order valence-electron chi connectivity index (χ4n) is 3.91. The van der Waals surface area contributed by atoms with E-state index in [1.165, 1.54) is 0 Å². The van der Waals surface area contributed by atoms with E-state index in [0.717, 1.165) is 11.1 Å². The van der Waals surface area contributed by atoms with Crippen LogP contribution < -0.4 is 4.72 Å². The number of methoxy groups -OCH3 is 1. The molecule has 29 heavy (non-hydrogen) atoms. The highest BCUT2D eigenvalue weighted by Gasteiger charge is 2.43. The Morgan fingerprint density at radius 1 is 1.14 bits per heavy atom. The summed E-state index contributed by atoms with van der Waals surface area (Å²) < 4.78 is 34.0. The zero-order valence-corrected chi connectivity index (χ0v) is 18.0. The molecule has 1 N–H and O–H groups in total. The number of sulfonamides is 1. The molecule has 7 heteroatoms. The number of hydrogen-bond donors (Lipinski definition) is 1. The maximum absolute atomic E-state index is 13.1. The average molecular weight is 417 g/mol. The van der Waals surface area contributed by atoms with E-state index in [4.69, 9.17) is 4.74 Å². The van der Waals surface area contributed by atoms with Gasteiger partial charge in [-0.05, 0) is 51.0 Å². The second-order valence-electron chi connectivity index (χ2n) is 7.79. The summed E-state index contributed by atoms with van der Waals surface area (Å²) in [7, 11) is -2.11. The van der Waals surface area contributed by atoms with Crippen LogP contribution >= 0.6 is 0 Å². The van der Waals surface area contributed by atoms with Crippen LogP contribution in [0.2, 0.25) is 0 Å². The zero-order chi connectivity index (χ0) is 21.1. The van der Waals surface area contributed by atoms with Gasteiger partial charge in [0.15, 0.2) is 0 Å². The number of carbonyl (C=O) groups excluding carboxylic acids is 1. The van der Waals surface area contributed by atoms with E-state index in [0.29, 0.717) is 38.1 Å². The number of nitrogens with one attached hydrogen (secondary N) is 1. The van der Waals surface area contributed by atoms with Crippen molar-refractivity contribution in [2.75, 3.05) is 26.8 Å². The molecule has 2 aromatic rings. The number of ether oxygens (including phenoxy) is 1. The molecule has 156 valence electrons. The molecule has 0 spiro atoms. The number of nitrogens with zero attached hydrogens (tertiary/aromatic N) is 1. The second-order valence-corrected chi connectivity index (χ2v) is 9.48. The third-order valence-electron chi connectivity index (χ3n) is 5.30. The molecule has 1 atom stereocenters. The Morgan fingerprint density at radius 2 is 1.79 bits per heavy atom. The van der Waals surface area contributed by atoms with Crippen LogP contribution in [0.1, 0.15) is 34.3 Å². The lowest BCUT2D eigenvalue weighted by molar-refractivity contribution is 0.0775. The van der Waals surface area contributed by atoms with Crippen LogP contribution in [0.3, 0.4) is 0 Å². The van der Waals surface area contributed by atoms with Gasteiger partial charge in [0.1, 0.15) is 0 Å². The van der Waals surface area contributed by atoms with Gasteiger partial charge in [0.25, 0.3) is 5.91 Å². The van der Waals surface area contributed by atoms with Crippen LogP contribution in [-0.2, 0) is 14.8 Å².